The summed E-state index contributed by atoms with van der Waals surface area (Å²) in [6.45, 7) is 6.85. The lowest BCUT2D eigenvalue weighted by atomic mass is 10.1. The Morgan fingerprint density at radius 3 is 1.85 bits per heavy atom. The quantitative estimate of drug-likeness (QED) is 0.0935. The van der Waals surface area contributed by atoms with Gasteiger partial charge in [0.2, 0.25) is 0 Å². The first-order chi connectivity index (χ1) is 13.2. The predicted octanol–water partition coefficient (Wildman–Crippen LogP) is 7.73. The van der Waals surface area contributed by atoms with E-state index in [0.29, 0.717) is 13.0 Å². The molecule has 1 atom stereocenters. The molecule has 3 heteroatoms. The van der Waals surface area contributed by atoms with Crippen molar-refractivity contribution >= 4 is 5.97 Å². The Morgan fingerprint density at radius 2 is 1.26 bits per heavy atom. The fourth-order valence-corrected chi connectivity index (χ4v) is 3.01. The van der Waals surface area contributed by atoms with E-state index in [-0.39, 0.29) is 5.97 Å². The molecule has 160 valence electrons. The predicted molar refractivity (Wildman–Crippen MR) is 116 cm³/mol. The number of allylic oxidation sites excluding steroid dienone is 2. The van der Waals surface area contributed by atoms with Crippen molar-refractivity contribution in [3.8, 4) is 0 Å². The highest BCUT2D eigenvalue weighted by Crippen LogP contribution is 2.10. The van der Waals surface area contributed by atoms with Crippen LogP contribution in [0.4, 0.5) is 0 Å². The summed E-state index contributed by atoms with van der Waals surface area (Å²) in [7, 11) is 0. The molecule has 0 aromatic heterocycles. The molecular formula is C24H46O3. The zero-order valence-electron chi connectivity index (χ0n) is 18.5. The third kappa shape index (κ3) is 21.3. The Kier molecular flexibility index (Phi) is 20.8. The van der Waals surface area contributed by atoms with Crippen LogP contribution in [0.15, 0.2) is 12.2 Å². The number of carbonyl (C=O) groups excluding carboxylic acids is 1. The largest absolute Gasteiger partial charge is 0.436 e. The summed E-state index contributed by atoms with van der Waals surface area (Å²) in [4.78, 5) is 11.7. The first-order valence-electron chi connectivity index (χ1n) is 11.7. The molecule has 0 aliphatic heterocycles. The number of rotatable bonds is 20. The smallest absolute Gasteiger partial charge is 0.308 e. The maximum Gasteiger partial charge on any atom is 0.308 e. The van der Waals surface area contributed by atoms with Gasteiger partial charge in [0.15, 0.2) is 6.29 Å². The van der Waals surface area contributed by atoms with Gasteiger partial charge in [-0.2, -0.15) is 0 Å². The zero-order valence-corrected chi connectivity index (χ0v) is 18.5. The summed E-state index contributed by atoms with van der Waals surface area (Å²) in [5.41, 5.74) is 0. The van der Waals surface area contributed by atoms with Crippen molar-refractivity contribution < 1.29 is 14.3 Å². The lowest BCUT2D eigenvalue weighted by Crippen LogP contribution is -2.18. The Bertz CT molecular complexity index is 339. The molecule has 0 saturated carbocycles. The first kappa shape index (κ1) is 26.2. The van der Waals surface area contributed by atoms with E-state index in [1.165, 1.54) is 70.6 Å². The van der Waals surface area contributed by atoms with Crippen molar-refractivity contribution in [1.82, 2.24) is 0 Å². The molecule has 0 heterocycles. The third-order valence-corrected chi connectivity index (χ3v) is 4.79. The van der Waals surface area contributed by atoms with Crippen LogP contribution >= 0.6 is 0 Å². The van der Waals surface area contributed by atoms with Crippen LogP contribution in [0.25, 0.3) is 0 Å². The molecule has 0 N–H and O–H groups in total. The molecule has 0 aliphatic carbocycles. The average Bonchev–Trinajstić information content (AvgIpc) is 2.65. The van der Waals surface area contributed by atoms with Gasteiger partial charge >= 0.3 is 5.97 Å². The second-order valence-corrected chi connectivity index (χ2v) is 7.62. The van der Waals surface area contributed by atoms with Crippen molar-refractivity contribution in [2.75, 3.05) is 6.61 Å². The lowest BCUT2D eigenvalue weighted by Gasteiger charge is -2.13. The minimum absolute atomic E-state index is 0.128. The van der Waals surface area contributed by atoms with Gasteiger partial charge in [0.05, 0.1) is 6.61 Å². The molecule has 0 fully saturated rings. The molecule has 0 bridgehead atoms. The Hall–Kier alpha value is -0.830. The second-order valence-electron chi connectivity index (χ2n) is 7.62. The van der Waals surface area contributed by atoms with Crippen LogP contribution in [-0.4, -0.2) is 18.9 Å². The van der Waals surface area contributed by atoms with Gasteiger partial charge in [-0.25, -0.2) is 0 Å². The molecule has 0 amide bonds. The van der Waals surface area contributed by atoms with E-state index in [1.54, 1.807) is 6.92 Å². The van der Waals surface area contributed by atoms with Crippen molar-refractivity contribution in [3.05, 3.63) is 12.2 Å². The summed E-state index contributed by atoms with van der Waals surface area (Å²) >= 11 is 0. The first-order valence-corrected chi connectivity index (χ1v) is 11.7. The monoisotopic (exact) mass is 382 g/mol. The minimum atomic E-state index is -0.410. The van der Waals surface area contributed by atoms with Gasteiger partial charge in [-0.05, 0) is 45.4 Å². The number of ether oxygens (including phenoxy) is 2. The van der Waals surface area contributed by atoms with E-state index in [2.05, 4.69) is 26.0 Å². The maximum absolute atomic E-state index is 11.7. The van der Waals surface area contributed by atoms with E-state index in [9.17, 15) is 4.79 Å². The number of hydrogen-bond donors (Lipinski definition) is 0. The van der Waals surface area contributed by atoms with Crippen LogP contribution in [0.2, 0.25) is 0 Å². The van der Waals surface area contributed by atoms with Crippen molar-refractivity contribution in [1.29, 1.82) is 0 Å². The van der Waals surface area contributed by atoms with Crippen molar-refractivity contribution in [3.63, 3.8) is 0 Å². The number of carbonyl (C=O) groups is 1. The normalized spacial score (nSPS) is 12.6. The standard InChI is InChI=1S/C24H46O3/c1-4-6-8-9-10-11-12-13-14-15-16-17-18-19-20-21-24(25)27-23(3)26-22-7-5-2/h13-14,23H,4-12,15-22H2,1-3H3/b14-13+. The summed E-state index contributed by atoms with van der Waals surface area (Å²) in [6, 6.07) is 0. The fourth-order valence-electron chi connectivity index (χ4n) is 3.01. The third-order valence-electron chi connectivity index (χ3n) is 4.79. The average molecular weight is 383 g/mol. The highest BCUT2D eigenvalue weighted by atomic mass is 16.7. The molecule has 3 nitrogen and oxygen atoms in total. The Balaban J connectivity index is 3.30. The Labute approximate surface area is 169 Å². The second kappa shape index (κ2) is 21.5. The van der Waals surface area contributed by atoms with Crippen molar-refractivity contribution in [2.45, 2.75) is 130 Å². The molecule has 0 aliphatic rings. The maximum atomic E-state index is 11.7. The van der Waals surface area contributed by atoms with Crippen LogP contribution in [0.3, 0.4) is 0 Å². The van der Waals surface area contributed by atoms with Crippen LogP contribution < -0.4 is 0 Å². The van der Waals surface area contributed by atoms with Gasteiger partial charge in [0.1, 0.15) is 0 Å². The minimum Gasteiger partial charge on any atom is -0.436 e. The van der Waals surface area contributed by atoms with Crippen LogP contribution in [-0.2, 0) is 14.3 Å². The lowest BCUT2D eigenvalue weighted by molar-refractivity contribution is -0.175. The van der Waals surface area contributed by atoms with E-state index in [4.69, 9.17) is 9.47 Å². The van der Waals surface area contributed by atoms with E-state index in [1.807, 2.05) is 0 Å². The summed E-state index contributed by atoms with van der Waals surface area (Å²) < 4.78 is 10.7. The highest BCUT2D eigenvalue weighted by Gasteiger charge is 2.08. The summed E-state index contributed by atoms with van der Waals surface area (Å²) in [6.07, 6.45) is 23.4. The molecule has 0 aromatic carbocycles. The van der Waals surface area contributed by atoms with Crippen LogP contribution in [0, 0.1) is 0 Å². The van der Waals surface area contributed by atoms with E-state index >= 15 is 0 Å². The van der Waals surface area contributed by atoms with Crippen molar-refractivity contribution in [2.24, 2.45) is 0 Å². The molecule has 0 rings (SSSR count). The van der Waals surface area contributed by atoms with Gasteiger partial charge in [-0.15, -0.1) is 0 Å². The summed E-state index contributed by atoms with van der Waals surface area (Å²) in [5.74, 6) is -0.128. The van der Waals surface area contributed by atoms with Gasteiger partial charge in [-0.1, -0.05) is 83.8 Å². The molecule has 0 spiro atoms. The van der Waals surface area contributed by atoms with Gasteiger partial charge in [-0.3, -0.25) is 4.79 Å². The molecule has 1 unspecified atom stereocenters. The zero-order chi connectivity index (χ0) is 20.0. The molecule has 0 radical (unpaired) electrons. The highest BCUT2D eigenvalue weighted by molar-refractivity contribution is 5.69. The summed E-state index contributed by atoms with van der Waals surface area (Å²) in [5, 5.41) is 0. The Morgan fingerprint density at radius 1 is 0.741 bits per heavy atom. The number of hydrogen-bond acceptors (Lipinski definition) is 3. The van der Waals surface area contributed by atoms with E-state index < -0.39 is 6.29 Å². The SMILES string of the molecule is CCCCCCCC/C=C/CCCCCCCC(=O)OC(C)OCCCC. The van der Waals surface area contributed by atoms with Gasteiger partial charge in [0.25, 0.3) is 0 Å². The topological polar surface area (TPSA) is 35.5 Å². The number of esters is 1. The van der Waals surface area contributed by atoms with Crippen LogP contribution in [0.5, 0.6) is 0 Å². The van der Waals surface area contributed by atoms with Gasteiger partial charge < -0.3 is 9.47 Å². The van der Waals surface area contributed by atoms with Gasteiger partial charge in [0, 0.05) is 6.42 Å². The van der Waals surface area contributed by atoms with Crippen LogP contribution in [0.1, 0.15) is 124 Å². The molecule has 0 saturated heterocycles. The molecule has 27 heavy (non-hydrogen) atoms. The number of unbranched alkanes of at least 4 members (excludes halogenated alkanes) is 12. The molecule has 0 aromatic rings. The van der Waals surface area contributed by atoms with E-state index in [0.717, 1.165) is 25.7 Å². The molecular weight excluding hydrogens is 336 g/mol. The fraction of sp³-hybridized carbons (Fsp3) is 0.875.